The van der Waals surface area contributed by atoms with Gasteiger partial charge in [-0.05, 0) is 31.0 Å². The quantitative estimate of drug-likeness (QED) is 0.862. The number of hydrogen-bond donors (Lipinski definition) is 1. The van der Waals surface area contributed by atoms with E-state index in [0.29, 0.717) is 11.5 Å². The van der Waals surface area contributed by atoms with Gasteiger partial charge in [0.1, 0.15) is 5.75 Å². The largest absolute Gasteiger partial charge is 0.493 e. The molecule has 106 valence electrons. The van der Waals surface area contributed by atoms with Crippen molar-refractivity contribution in [2.75, 3.05) is 19.0 Å². The molecule has 0 fully saturated rings. The Bertz CT molecular complexity index is 570. The van der Waals surface area contributed by atoms with Gasteiger partial charge in [-0.25, -0.2) is 0 Å². The van der Waals surface area contributed by atoms with Crippen LogP contribution < -0.4 is 14.8 Å². The van der Waals surface area contributed by atoms with Gasteiger partial charge in [0, 0.05) is 12.6 Å². The first kappa shape index (κ1) is 14.2. The Balaban J connectivity index is 2.17. The zero-order chi connectivity index (χ0) is 14.4. The van der Waals surface area contributed by atoms with E-state index in [0.717, 1.165) is 30.0 Å². The molecule has 0 aliphatic carbocycles. The standard InChI is InChI=1S/C16H20N2O2/c1-4-7-18-13-9-14(11-17-10-13)20-15-6-5-12(2)8-16(15)19-3/h5-6,8-11,18H,4,7H2,1-3H3. The number of methoxy groups -OCH3 is 1. The molecule has 0 bridgehead atoms. The first-order chi connectivity index (χ1) is 9.72. The van der Waals surface area contributed by atoms with E-state index in [9.17, 15) is 0 Å². The van der Waals surface area contributed by atoms with Crippen molar-refractivity contribution in [3.8, 4) is 17.2 Å². The summed E-state index contributed by atoms with van der Waals surface area (Å²) >= 11 is 0. The van der Waals surface area contributed by atoms with Crippen LogP contribution in [0.4, 0.5) is 5.69 Å². The molecule has 1 aromatic heterocycles. The third-order valence-corrected chi connectivity index (χ3v) is 2.84. The Kier molecular flexibility index (Phi) is 4.82. The summed E-state index contributed by atoms with van der Waals surface area (Å²) < 4.78 is 11.2. The van der Waals surface area contributed by atoms with Crippen molar-refractivity contribution in [2.24, 2.45) is 0 Å². The monoisotopic (exact) mass is 272 g/mol. The van der Waals surface area contributed by atoms with Gasteiger partial charge in [-0.1, -0.05) is 13.0 Å². The van der Waals surface area contributed by atoms with Crippen LogP contribution in [0.15, 0.2) is 36.7 Å². The molecule has 2 aromatic rings. The van der Waals surface area contributed by atoms with Crippen LogP contribution in [0.3, 0.4) is 0 Å². The van der Waals surface area contributed by atoms with Crippen molar-refractivity contribution in [1.29, 1.82) is 0 Å². The van der Waals surface area contributed by atoms with Crippen molar-refractivity contribution < 1.29 is 9.47 Å². The molecule has 0 amide bonds. The van der Waals surface area contributed by atoms with Crippen LogP contribution in [0.5, 0.6) is 17.2 Å². The van der Waals surface area contributed by atoms with Gasteiger partial charge in [0.05, 0.1) is 25.2 Å². The van der Waals surface area contributed by atoms with E-state index in [-0.39, 0.29) is 0 Å². The molecular weight excluding hydrogens is 252 g/mol. The molecule has 0 atom stereocenters. The molecule has 0 spiro atoms. The highest BCUT2D eigenvalue weighted by Crippen LogP contribution is 2.32. The van der Waals surface area contributed by atoms with Gasteiger partial charge in [0.2, 0.25) is 0 Å². The molecule has 0 aliphatic rings. The van der Waals surface area contributed by atoms with Gasteiger partial charge in [0.25, 0.3) is 0 Å². The summed E-state index contributed by atoms with van der Waals surface area (Å²) in [5.74, 6) is 2.10. The fraction of sp³-hybridized carbons (Fsp3) is 0.312. The van der Waals surface area contributed by atoms with Crippen molar-refractivity contribution in [2.45, 2.75) is 20.3 Å². The lowest BCUT2D eigenvalue weighted by Gasteiger charge is -2.12. The molecular formula is C16H20N2O2. The number of aromatic nitrogens is 1. The Morgan fingerprint density at radius 2 is 2.00 bits per heavy atom. The molecule has 2 rings (SSSR count). The van der Waals surface area contributed by atoms with Gasteiger partial charge in [-0.15, -0.1) is 0 Å². The topological polar surface area (TPSA) is 43.4 Å². The van der Waals surface area contributed by atoms with E-state index in [4.69, 9.17) is 9.47 Å². The van der Waals surface area contributed by atoms with Crippen LogP contribution in [0.25, 0.3) is 0 Å². The third kappa shape index (κ3) is 3.63. The number of ether oxygens (including phenoxy) is 2. The second-order valence-electron chi connectivity index (χ2n) is 4.59. The van der Waals surface area contributed by atoms with Crippen LogP contribution in [0, 0.1) is 6.92 Å². The minimum atomic E-state index is 0.688. The molecule has 20 heavy (non-hydrogen) atoms. The highest BCUT2D eigenvalue weighted by Gasteiger charge is 2.06. The van der Waals surface area contributed by atoms with Crippen molar-refractivity contribution in [1.82, 2.24) is 4.98 Å². The molecule has 0 saturated heterocycles. The van der Waals surface area contributed by atoms with Gasteiger partial charge in [-0.2, -0.15) is 0 Å². The minimum Gasteiger partial charge on any atom is -0.493 e. The van der Waals surface area contributed by atoms with Crippen LogP contribution in [-0.4, -0.2) is 18.6 Å². The molecule has 0 aliphatic heterocycles. The minimum absolute atomic E-state index is 0.688. The Morgan fingerprint density at radius 3 is 2.75 bits per heavy atom. The summed E-state index contributed by atoms with van der Waals surface area (Å²) in [6.45, 7) is 5.06. The summed E-state index contributed by atoms with van der Waals surface area (Å²) in [6, 6.07) is 7.77. The number of rotatable bonds is 6. The van der Waals surface area contributed by atoms with Gasteiger partial charge >= 0.3 is 0 Å². The zero-order valence-electron chi connectivity index (χ0n) is 12.1. The highest BCUT2D eigenvalue weighted by molar-refractivity contribution is 5.49. The fourth-order valence-corrected chi connectivity index (χ4v) is 1.83. The first-order valence-corrected chi connectivity index (χ1v) is 6.74. The molecule has 1 heterocycles. The first-order valence-electron chi connectivity index (χ1n) is 6.74. The van der Waals surface area contributed by atoms with E-state index in [1.165, 1.54) is 0 Å². The van der Waals surface area contributed by atoms with E-state index in [1.807, 2.05) is 31.2 Å². The lowest BCUT2D eigenvalue weighted by Crippen LogP contribution is -2.00. The fourth-order valence-electron chi connectivity index (χ4n) is 1.83. The SMILES string of the molecule is CCCNc1cncc(Oc2ccc(C)cc2OC)c1. The molecule has 1 aromatic carbocycles. The van der Waals surface area contributed by atoms with Crippen molar-refractivity contribution in [3.63, 3.8) is 0 Å². The summed E-state index contributed by atoms with van der Waals surface area (Å²) in [6.07, 6.45) is 4.54. The summed E-state index contributed by atoms with van der Waals surface area (Å²) in [5, 5.41) is 3.28. The zero-order valence-corrected chi connectivity index (χ0v) is 12.1. The number of pyridine rings is 1. The number of aryl methyl sites for hydroxylation is 1. The Hall–Kier alpha value is -2.23. The summed E-state index contributed by atoms with van der Waals surface area (Å²) in [7, 11) is 1.64. The Morgan fingerprint density at radius 1 is 1.15 bits per heavy atom. The maximum atomic E-state index is 5.85. The average Bonchev–Trinajstić information content (AvgIpc) is 2.47. The van der Waals surface area contributed by atoms with Crippen molar-refractivity contribution in [3.05, 3.63) is 42.2 Å². The van der Waals surface area contributed by atoms with Crippen LogP contribution in [-0.2, 0) is 0 Å². The van der Waals surface area contributed by atoms with Crippen LogP contribution in [0.1, 0.15) is 18.9 Å². The second-order valence-corrected chi connectivity index (χ2v) is 4.59. The molecule has 0 unspecified atom stereocenters. The van der Waals surface area contributed by atoms with Gasteiger partial charge in [-0.3, -0.25) is 4.98 Å². The van der Waals surface area contributed by atoms with Crippen LogP contribution >= 0.6 is 0 Å². The predicted octanol–water partition coefficient (Wildman–Crippen LogP) is 4.01. The molecule has 0 radical (unpaired) electrons. The molecule has 0 saturated carbocycles. The van der Waals surface area contributed by atoms with Gasteiger partial charge in [0.15, 0.2) is 11.5 Å². The molecule has 4 nitrogen and oxygen atoms in total. The van der Waals surface area contributed by atoms with E-state index < -0.39 is 0 Å². The molecule has 1 N–H and O–H groups in total. The normalized spacial score (nSPS) is 10.2. The third-order valence-electron chi connectivity index (χ3n) is 2.84. The Labute approximate surface area is 119 Å². The maximum absolute atomic E-state index is 5.85. The maximum Gasteiger partial charge on any atom is 0.169 e. The average molecular weight is 272 g/mol. The van der Waals surface area contributed by atoms with E-state index in [2.05, 4.69) is 17.2 Å². The number of anilines is 1. The number of nitrogens with one attached hydrogen (secondary N) is 1. The number of hydrogen-bond acceptors (Lipinski definition) is 4. The van der Waals surface area contributed by atoms with E-state index >= 15 is 0 Å². The van der Waals surface area contributed by atoms with Crippen molar-refractivity contribution >= 4 is 5.69 Å². The number of benzene rings is 1. The van der Waals surface area contributed by atoms with Crippen LogP contribution in [0.2, 0.25) is 0 Å². The summed E-state index contributed by atoms with van der Waals surface area (Å²) in [5.41, 5.74) is 2.08. The number of nitrogens with zero attached hydrogens (tertiary/aromatic N) is 1. The second kappa shape index (κ2) is 6.80. The highest BCUT2D eigenvalue weighted by atomic mass is 16.5. The summed E-state index contributed by atoms with van der Waals surface area (Å²) in [4.78, 5) is 4.18. The lowest BCUT2D eigenvalue weighted by molar-refractivity contribution is 0.378. The lowest BCUT2D eigenvalue weighted by atomic mass is 10.2. The predicted molar refractivity (Wildman–Crippen MR) is 80.8 cm³/mol. The smallest absolute Gasteiger partial charge is 0.169 e. The van der Waals surface area contributed by atoms with E-state index in [1.54, 1.807) is 19.5 Å². The molecule has 4 heteroatoms. The van der Waals surface area contributed by atoms with Gasteiger partial charge < -0.3 is 14.8 Å².